The number of carbonyl (C=O) groups is 2. The van der Waals surface area contributed by atoms with Crippen LogP contribution in [0.25, 0.3) is 11.1 Å². The second-order valence-electron chi connectivity index (χ2n) is 3.29. The highest BCUT2D eigenvalue weighted by Gasteiger charge is 2.07. The van der Waals surface area contributed by atoms with Crippen LogP contribution in [0.1, 0.15) is 20.7 Å². The lowest BCUT2D eigenvalue weighted by atomic mass is 9.98. The Morgan fingerprint density at radius 1 is 0.875 bits per heavy atom. The fraction of sp³-hybridized carbons (Fsp3) is 0. The number of aromatic nitrogens is 1. The second-order valence-corrected chi connectivity index (χ2v) is 3.29. The van der Waals surface area contributed by atoms with E-state index in [9.17, 15) is 9.59 Å². The van der Waals surface area contributed by atoms with Crippen LogP contribution in [0.4, 0.5) is 0 Å². The first-order chi connectivity index (χ1) is 7.86. The molecule has 78 valence electrons. The number of rotatable bonds is 3. The molecule has 0 N–H and O–H groups in total. The first-order valence-corrected chi connectivity index (χ1v) is 4.80. The van der Waals surface area contributed by atoms with Crippen molar-refractivity contribution in [1.82, 2.24) is 4.98 Å². The summed E-state index contributed by atoms with van der Waals surface area (Å²) in [7, 11) is 0. The zero-order valence-corrected chi connectivity index (χ0v) is 8.46. The molecule has 0 atom stereocenters. The summed E-state index contributed by atoms with van der Waals surface area (Å²) >= 11 is 0. The number of hydrogen-bond acceptors (Lipinski definition) is 3. The van der Waals surface area contributed by atoms with Crippen LogP contribution in [0.2, 0.25) is 0 Å². The first kappa shape index (κ1) is 10.2. The quantitative estimate of drug-likeness (QED) is 0.732. The standard InChI is InChI=1S/C13H9NO2/c15-8-10-3-1-2-4-12(10)13-7-14-6-5-11(13)9-16/h1-9H. The molecule has 0 bridgehead atoms. The maximum Gasteiger partial charge on any atom is 0.150 e. The average Bonchev–Trinajstić information content (AvgIpc) is 2.38. The van der Waals surface area contributed by atoms with E-state index in [1.807, 2.05) is 6.07 Å². The van der Waals surface area contributed by atoms with Gasteiger partial charge in [0.2, 0.25) is 0 Å². The molecular weight excluding hydrogens is 202 g/mol. The summed E-state index contributed by atoms with van der Waals surface area (Å²) in [6.45, 7) is 0. The van der Waals surface area contributed by atoms with Crippen molar-refractivity contribution in [3.63, 3.8) is 0 Å². The van der Waals surface area contributed by atoms with Gasteiger partial charge in [-0.15, -0.1) is 0 Å². The van der Waals surface area contributed by atoms with Gasteiger partial charge in [0.1, 0.15) is 0 Å². The number of benzene rings is 1. The Morgan fingerprint density at radius 2 is 1.56 bits per heavy atom. The molecular formula is C13H9NO2. The van der Waals surface area contributed by atoms with Gasteiger partial charge in [-0.05, 0) is 11.6 Å². The summed E-state index contributed by atoms with van der Waals surface area (Å²) in [5.41, 5.74) is 2.50. The van der Waals surface area contributed by atoms with Crippen LogP contribution in [0, 0.1) is 0 Å². The van der Waals surface area contributed by atoms with Crippen molar-refractivity contribution in [3.05, 3.63) is 53.9 Å². The van der Waals surface area contributed by atoms with Gasteiger partial charge < -0.3 is 0 Å². The normalized spacial score (nSPS) is 9.75. The molecule has 1 heterocycles. The molecule has 0 unspecified atom stereocenters. The summed E-state index contributed by atoms with van der Waals surface area (Å²) in [5, 5.41) is 0. The number of nitrogens with zero attached hydrogens (tertiary/aromatic N) is 1. The van der Waals surface area contributed by atoms with E-state index in [1.165, 1.54) is 0 Å². The molecule has 0 amide bonds. The van der Waals surface area contributed by atoms with Gasteiger partial charge in [-0.3, -0.25) is 14.6 Å². The Kier molecular flexibility index (Phi) is 2.87. The SMILES string of the molecule is O=Cc1ccccc1-c1cnccc1C=O. The van der Waals surface area contributed by atoms with Crippen LogP contribution in [-0.2, 0) is 0 Å². The molecule has 0 aliphatic carbocycles. The highest BCUT2D eigenvalue weighted by atomic mass is 16.1. The van der Waals surface area contributed by atoms with Crippen LogP contribution in [0.3, 0.4) is 0 Å². The first-order valence-electron chi connectivity index (χ1n) is 4.80. The molecule has 3 nitrogen and oxygen atoms in total. The summed E-state index contributed by atoms with van der Waals surface area (Å²) in [4.78, 5) is 25.7. The molecule has 0 aliphatic heterocycles. The van der Waals surface area contributed by atoms with Gasteiger partial charge in [0.25, 0.3) is 0 Å². The lowest BCUT2D eigenvalue weighted by Gasteiger charge is -2.06. The van der Waals surface area contributed by atoms with Gasteiger partial charge >= 0.3 is 0 Å². The van der Waals surface area contributed by atoms with Gasteiger partial charge in [0.15, 0.2) is 12.6 Å². The highest BCUT2D eigenvalue weighted by molar-refractivity contribution is 5.93. The number of pyridine rings is 1. The van der Waals surface area contributed by atoms with E-state index >= 15 is 0 Å². The van der Waals surface area contributed by atoms with Crippen LogP contribution >= 0.6 is 0 Å². The molecule has 0 spiro atoms. The Labute approximate surface area is 92.8 Å². The van der Waals surface area contributed by atoms with E-state index in [0.29, 0.717) is 16.7 Å². The van der Waals surface area contributed by atoms with Crippen molar-refractivity contribution in [2.24, 2.45) is 0 Å². The summed E-state index contributed by atoms with van der Waals surface area (Å²) < 4.78 is 0. The van der Waals surface area contributed by atoms with Crippen molar-refractivity contribution in [1.29, 1.82) is 0 Å². The summed E-state index contributed by atoms with van der Waals surface area (Å²) in [6, 6.07) is 8.75. The predicted octanol–water partition coefficient (Wildman–Crippen LogP) is 2.37. The average molecular weight is 211 g/mol. The fourth-order valence-corrected chi connectivity index (χ4v) is 1.58. The summed E-state index contributed by atoms with van der Waals surface area (Å²) in [6.07, 6.45) is 4.68. The Balaban J connectivity index is 2.67. The highest BCUT2D eigenvalue weighted by Crippen LogP contribution is 2.24. The van der Waals surface area contributed by atoms with Crippen LogP contribution in [0.5, 0.6) is 0 Å². The second kappa shape index (κ2) is 4.49. The van der Waals surface area contributed by atoms with E-state index in [-0.39, 0.29) is 0 Å². The van der Waals surface area contributed by atoms with E-state index in [4.69, 9.17) is 0 Å². The fourth-order valence-electron chi connectivity index (χ4n) is 1.58. The Hall–Kier alpha value is -2.29. The van der Waals surface area contributed by atoms with Crippen LogP contribution in [-0.4, -0.2) is 17.6 Å². The number of hydrogen-bond donors (Lipinski definition) is 0. The lowest BCUT2D eigenvalue weighted by Crippen LogP contribution is -1.92. The third kappa shape index (κ3) is 1.75. The molecule has 0 aliphatic rings. The van der Waals surface area contributed by atoms with E-state index in [1.54, 1.807) is 36.7 Å². The molecule has 0 saturated heterocycles. The third-order valence-electron chi connectivity index (χ3n) is 2.36. The molecule has 0 radical (unpaired) electrons. The maximum atomic E-state index is 10.9. The van der Waals surface area contributed by atoms with Gasteiger partial charge in [-0.1, -0.05) is 24.3 Å². The molecule has 3 heteroatoms. The zero-order valence-electron chi connectivity index (χ0n) is 8.46. The maximum absolute atomic E-state index is 10.9. The monoisotopic (exact) mass is 211 g/mol. The molecule has 1 aromatic carbocycles. The van der Waals surface area contributed by atoms with Gasteiger partial charge in [0, 0.05) is 29.1 Å². The molecule has 16 heavy (non-hydrogen) atoms. The molecule has 0 fully saturated rings. The van der Waals surface area contributed by atoms with Gasteiger partial charge in [0.05, 0.1) is 0 Å². The van der Waals surface area contributed by atoms with Crippen molar-refractivity contribution in [3.8, 4) is 11.1 Å². The third-order valence-corrected chi connectivity index (χ3v) is 2.36. The van der Waals surface area contributed by atoms with Gasteiger partial charge in [-0.2, -0.15) is 0 Å². The molecule has 2 aromatic rings. The van der Waals surface area contributed by atoms with E-state index < -0.39 is 0 Å². The minimum absolute atomic E-state index is 0.532. The van der Waals surface area contributed by atoms with Crippen LogP contribution < -0.4 is 0 Å². The molecule has 2 rings (SSSR count). The number of carbonyl (C=O) groups excluding carboxylic acids is 2. The minimum Gasteiger partial charge on any atom is -0.298 e. The van der Waals surface area contributed by atoms with Crippen LogP contribution in [0.15, 0.2) is 42.7 Å². The van der Waals surface area contributed by atoms with Crippen molar-refractivity contribution in [2.45, 2.75) is 0 Å². The Morgan fingerprint density at radius 3 is 2.31 bits per heavy atom. The molecule has 1 aromatic heterocycles. The summed E-state index contributed by atoms with van der Waals surface area (Å²) in [5.74, 6) is 0. The number of aldehydes is 2. The van der Waals surface area contributed by atoms with Crippen molar-refractivity contribution < 1.29 is 9.59 Å². The van der Waals surface area contributed by atoms with Crippen molar-refractivity contribution in [2.75, 3.05) is 0 Å². The Bertz CT molecular complexity index is 485. The lowest BCUT2D eigenvalue weighted by molar-refractivity contribution is 0.111. The largest absolute Gasteiger partial charge is 0.298 e. The van der Waals surface area contributed by atoms with E-state index in [0.717, 1.165) is 18.1 Å². The predicted molar refractivity (Wildman–Crippen MR) is 60.4 cm³/mol. The van der Waals surface area contributed by atoms with Crippen molar-refractivity contribution >= 4 is 12.6 Å². The topological polar surface area (TPSA) is 47.0 Å². The van der Waals surface area contributed by atoms with E-state index in [2.05, 4.69) is 4.98 Å². The zero-order chi connectivity index (χ0) is 11.4. The minimum atomic E-state index is 0.532. The molecule has 0 saturated carbocycles. The smallest absolute Gasteiger partial charge is 0.150 e. The van der Waals surface area contributed by atoms with Gasteiger partial charge in [-0.25, -0.2) is 0 Å².